The van der Waals surface area contributed by atoms with Gasteiger partial charge in [-0.1, -0.05) is 0 Å². The summed E-state index contributed by atoms with van der Waals surface area (Å²) in [4.78, 5) is 30.2. The molecule has 0 spiro atoms. The Kier molecular flexibility index (Phi) is 8.47. The third kappa shape index (κ3) is 7.12. The normalized spacial score (nSPS) is 15.6. The number of hydrogen-bond donors (Lipinski definition) is 3. The summed E-state index contributed by atoms with van der Waals surface area (Å²) in [6.07, 6.45) is 5.41. The maximum Gasteiger partial charge on any atom is 0.244 e. The number of aliphatic hydroxyl groups excluding tert-OH is 1. The molecule has 0 unspecified atom stereocenters. The van der Waals surface area contributed by atoms with Crippen LogP contribution in [-0.2, 0) is 9.59 Å². The zero-order valence-corrected chi connectivity index (χ0v) is 20.9. The number of amides is 2. The van der Waals surface area contributed by atoms with Gasteiger partial charge in [0.2, 0.25) is 11.8 Å². The fourth-order valence-corrected chi connectivity index (χ4v) is 4.57. The molecule has 2 heterocycles. The lowest BCUT2D eigenvalue weighted by Crippen LogP contribution is -2.45. The number of likely N-dealkylation sites (tertiary alicyclic amines) is 1. The van der Waals surface area contributed by atoms with Gasteiger partial charge < -0.3 is 25.4 Å². The first kappa shape index (κ1) is 26.2. The molecule has 2 amide bonds. The highest BCUT2D eigenvalue weighted by molar-refractivity contribution is 5.93. The number of aliphatic hydroxyl groups is 1. The van der Waals surface area contributed by atoms with E-state index in [4.69, 9.17) is 4.74 Å². The van der Waals surface area contributed by atoms with Gasteiger partial charge in [-0.3, -0.25) is 14.6 Å². The van der Waals surface area contributed by atoms with Crippen molar-refractivity contribution in [3.05, 3.63) is 71.7 Å². The van der Waals surface area contributed by atoms with Crippen molar-refractivity contribution in [2.75, 3.05) is 32.1 Å². The topological polar surface area (TPSA) is 104 Å². The molecule has 0 aliphatic carbocycles. The number of β-amino-alcohol motifs (C(OH)–C–C–N with tert-alkyl or cyclic N) is 1. The lowest BCUT2D eigenvalue weighted by molar-refractivity contribution is -0.117. The molecule has 3 aromatic rings. The largest absolute Gasteiger partial charge is 0.497 e. The number of nitrogens with one attached hydrogen (secondary N) is 2. The molecule has 1 aromatic heterocycles. The predicted molar refractivity (Wildman–Crippen MR) is 141 cm³/mol. The number of rotatable bonds is 8. The van der Waals surface area contributed by atoms with E-state index >= 15 is 0 Å². The van der Waals surface area contributed by atoms with Gasteiger partial charge in [-0.2, -0.15) is 0 Å². The monoisotopic (exact) mass is 506 g/mol. The summed E-state index contributed by atoms with van der Waals surface area (Å²) < 4.78 is 19.1. The number of methoxy groups -OCH3 is 1. The maximum absolute atomic E-state index is 13.8. The quantitative estimate of drug-likeness (QED) is 0.403. The number of carbonyl (C=O) groups excluding carboxylic acids is 2. The van der Waals surface area contributed by atoms with Crippen molar-refractivity contribution in [2.24, 2.45) is 0 Å². The second-order valence-electron chi connectivity index (χ2n) is 9.17. The molecule has 194 valence electrons. The van der Waals surface area contributed by atoms with Crippen molar-refractivity contribution >= 4 is 34.5 Å². The van der Waals surface area contributed by atoms with Crippen molar-refractivity contribution in [2.45, 2.75) is 31.9 Å². The molecule has 0 saturated carbocycles. The molecular weight excluding hydrogens is 475 g/mol. The van der Waals surface area contributed by atoms with Crippen LogP contribution in [0.5, 0.6) is 5.75 Å². The minimum Gasteiger partial charge on any atom is -0.497 e. The summed E-state index contributed by atoms with van der Waals surface area (Å²) in [7, 11) is 1.61. The van der Waals surface area contributed by atoms with Gasteiger partial charge in [-0.25, -0.2) is 4.39 Å². The number of hydrogen-bond acceptors (Lipinski definition) is 6. The molecule has 37 heavy (non-hydrogen) atoms. The Morgan fingerprint density at radius 3 is 2.73 bits per heavy atom. The van der Waals surface area contributed by atoms with E-state index in [9.17, 15) is 19.1 Å². The highest BCUT2D eigenvalue weighted by atomic mass is 19.1. The van der Waals surface area contributed by atoms with Crippen LogP contribution in [0, 0.1) is 5.82 Å². The third-order valence-electron chi connectivity index (χ3n) is 6.37. The van der Waals surface area contributed by atoms with Crippen LogP contribution >= 0.6 is 0 Å². The van der Waals surface area contributed by atoms with E-state index < -0.39 is 11.9 Å². The Morgan fingerprint density at radius 1 is 1.22 bits per heavy atom. The molecule has 1 fully saturated rings. The van der Waals surface area contributed by atoms with E-state index in [2.05, 4.69) is 20.5 Å². The summed E-state index contributed by atoms with van der Waals surface area (Å²) >= 11 is 0. The summed E-state index contributed by atoms with van der Waals surface area (Å²) in [5.74, 6) is -0.350. The van der Waals surface area contributed by atoms with Gasteiger partial charge in [0.05, 0.1) is 18.7 Å². The molecule has 4 rings (SSSR count). The molecule has 3 N–H and O–H groups in total. The summed E-state index contributed by atoms with van der Waals surface area (Å²) in [6, 6.07) is 11.6. The maximum atomic E-state index is 13.8. The Balaban J connectivity index is 1.29. The smallest absolute Gasteiger partial charge is 0.244 e. The highest BCUT2D eigenvalue weighted by Crippen LogP contribution is 2.27. The zero-order chi connectivity index (χ0) is 26.4. The molecule has 2 aromatic carbocycles. The Morgan fingerprint density at radius 2 is 2.00 bits per heavy atom. The lowest BCUT2D eigenvalue weighted by Gasteiger charge is -2.33. The van der Waals surface area contributed by atoms with Crippen LogP contribution in [0.3, 0.4) is 0 Å². The fourth-order valence-electron chi connectivity index (χ4n) is 4.57. The minimum atomic E-state index is -0.680. The fraction of sp³-hybridized carbons (Fsp3) is 0.321. The van der Waals surface area contributed by atoms with E-state index in [-0.39, 0.29) is 17.9 Å². The molecule has 0 radical (unpaired) electrons. The second-order valence-corrected chi connectivity index (χ2v) is 9.17. The first-order chi connectivity index (χ1) is 17.8. The highest BCUT2D eigenvalue weighted by Gasteiger charge is 2.23. The zero-order valence-electron chi connectivity index (χ0n) is 20.9. The number of fused-ring (bicyclic) bond motifs is 1. The van der Waals surface area contributed by atoms with E-state index in [1.54, 1.807) is 19.4 Å². The van der Waals surface area contributed by atoms with E-state index in [1.165, 1.54) is 31.2 Å². The molecule has 1 aliphatic heterocycles. The minimum absolute atomic E-state index is 0.0130. The Bertz CT molecular complexity index is 1300. The van der Waals surface area contributed by atoms with E-state index in [1.807, 2.05) is 24.3 Å². The van der Waals surface area contributed by atoms with Crippen LogP contribution in [0.25, 0.3) is 17.0 Å². The van der Waals surface area contributed by atoms with Crippen molar-refractivity contribution in [1.82, 2.24) is 15.2 Å². The van der Waals surface area contributed by atoms with Crippen LogP contribution in [0.2, 0.25) is 0 Å². The van der Waals surface area contributed by atoms with Crippen molar-refractivity contribution < 1.29 is 23.8 Å². The molecule has 1 atom stereocenters. The van der Waals surface area contributed by atoms with Gasteiger partial charge in [0.1, 0.15) is 11.6 Å². The predicted octanol–water partition coefficient (Wildman–Crippen LogP) is 3.67. The van der Waals surface area contributed by atoms with E-state index in [0.717, 1.165) is 42.4 Å². The second kappa shape index (κ2) is 11.9. The van der Waals surface area contributed by atoms with Gasteiger partial charge in [0.15, 0.2) is 0 Å². The number of halogens is 1. The van der Waals surface area contributed by atoms with Crippen molar-refractivity contribution in [1.29, 1.82) is 0 Å². The number of aromatic nitrogens is 1. The van der Waals surface area contributed by atoms with Crippen LogP contribution in [0.15, 0.2) is 54.7 Å². The van der Waals surface area contributed by atoms with Gasteiger partial charge in [-0.15, -0.1) is 0 Å². The number of nitrogens with zero attached hydrogens (tertiary/aromatic N) is 2. The number of benzene rings is 2. The van der Waals surface area contributed by atoms with Crippen molar-refractivity contribution in [3.8, 4) is 5.75 Å². The Labute approximate surface area is 215 Å². The molecule has 0 bridgehead atoms. The number of carbonyl (C=O) groups is 2. The van der Waals surface area contributed by atoms with Crippen LogP contribution in [0.4, 0.5) is 10.1 Å². The first-order valence-electron chi connectivity index (χ1n) is 12.2. The average Bonchev–Trinajstić information content (AvgIpc) is 2.87. The van der Waals surface area contributed by atoms with Crippen molar-refractivity contribution in [3.63, 3.8) is 0 Å². The number of anilines is 1. The Hall–Kier alpha value is -3.82. The summed E-state index contributed by atoms with van der Waals surface area (Å²) in [5.41, 5.74) is 2.42. The third-order valence-corrected chi connectivity index (χ3v) is 6.37. The van der Waals surface area contributed by atoms with E-state index in [0.29, 0.717) is 23.5 Å². The van der Waals surface area contributed by atoms with Gasteiger partial charge in [0.25, 0.3) is 0 Å². The summed E-state index contributed by atoms with van der Waals surface area (Å²) in [5, 5.41) is 17.4. The van der Waals surface area contributed by atoms with Crippen LogP contribution in [-0.4, -0.2) is 59.6 Å². The molecule has 9 heteroatoms. The SMILES string of the molecule is COc1ccc2nccc([C@@H](O)CN3CCC(NC(=O)/C=C/c4cc(F)cc(NC(C)=O)c4)CC3)c2c1. The van der Waals surface area contributed by atoms with Gasteiger partial charge in [-0.05, 0) is 72.5 Å². The number of pyridine rings is 1. The number of piperidine rings is 1. The first-order valence-corrected chi connectivity index (χ1v) is 12.2. The molecular formula is C28H31FN4O4. The van der Waals surface area contributed by atoms with Crippen LogP contribution < -0.4 is 15.4 Å². The molecule has 8 nitrogen and oxygen atoms in total. The van der Waals surface area contributed by atoms with Crippen LogP contribution in [0.1, 0.15) is 37.0 Å². The van der Waals surface area contributed by atoms with Gasteiger partial charge in [0, 0.05) is 55.9 Å². The molecule has 1 aliphatic rings. The standard InChI is InChI=1S/C28H31FN4O4/c1-18(34)31-22-14-19(13-20(29)15-22)3-6-28(36)32-21-8-11-33(12-9-21)17-27(35)24-7-10-30-26-5-4-23(37-2)16-25(24)26/h3-7,10,13-16,21,27,35H,8-9,11-12,17H2,1-2H3,(H,31,34)(H,32,36)/b6-3+/t27-/m0/s1. The number of ether oxygens (including phenoxy) is 1. The molecule has 1 saturated heterocycles. The average molecular weight is 507 g/mol. The summed E-state index contributed by atoms with van der Waals surface area (Å²) in [6.45, 7) is 3.30. The lowest BCUT2D eigenvalue weighted by atomic mass is 10.0. The van der Waals surface area contributed by atoms with Gasteiger partial charge >= 0.3 is 0 Å².